The number of alkyl halides is 3. The van der Waals surface area contributed by atoms with Gasteiger partial charge in [-0.25, -0.2) is 4.68 Å². The minimum atomic E-state index is -4.33. The molecule has 124 valence electrons. The van der Waals surface area contributed by atoms with Crippen molar-refractivity contribution in [3.05, 3.63) is 47.7 Å². The van der Waals surface area contributed by atoms with Crippen molar-refractivity contribution in [2.45, 2.75) is 25.7 Å². The molecule has 0 saturated heterocycles. The highest BCUT2D eigenvalue weighted by Crippen LogP contribution is 2.34. The van der Waals surface area contributed by atoms with Gasteiger partial charge in [-0.15, -0.1) is 0 Å². The van der Waals surface area contributed by atoms with Gasteiger partial charge in [0.1, 0.15) is 5.82 Å². The fourth-order valence-electron chi connectivity index (χ4n) is 2.91. The lowest BCUT2D eigenvalue weighted by molar-refractivity contribution is -0.138. The van der Waals surface area contributed by atoms with Crippen molar-refractivity contribution in [1.29, 1.82) is 0 Å². The number of hydrogen-bond acceptors (Lipinski definition) is 3. The molecule has 2 heterocycles. The highest BCUT2D eigenvalue weighted by atomic mass is 19.4. The molecule has 7 heteroatoms. The molecule has 3 rings (SSSR count). The van der Waals surface area contributed by atoms with Crippen molar-refractivity contribution >= 4 is 5.82 Å². The number of benzene rings is 1. The lowest BCUT2D eigenvalue weighted by Gasteiger charge is -2.27. The Morgan fingerprint density at radius 2 is 2.13 bits per heavy atom. The second-order valence-electron chi connectivity index (χ2n) is 5.86. The quantitative estimate of drug-likeness (QED) is 0.907. The third kappa shape index (κ3) is 3.50. The van der Waals surface area contributed by atoms with Gasteiger partial charge < -0.3 is 10.6 Å². The first-order valence-corrected chi connectivity index (χ1v) is 7.60. The van der Waals surface area contributed by atoms with Gasteiger partial charge in [-0.3, -0.25) is 0 Å². The predicted octanol–water partition coefficient (Wildman–Crippen LogP) is 3.29. The van der Waals surface area contributed by atoms with Crippen molar-refractivity contribution < 1.29 is 13.2 Å². The van der Waals surface area contributed by atoms with E-state index in [-0.39, 0.29) is 17.5 Å². The number of nitrogens with one attached hydrogen (secondary N) is 2. The van der Waals surface area contributed by atoms with Gasteiger partial charge in [-0.05, 0) is 18.6 Å². The first-order valence-electron chi connectivity index (χ1n) is 7.60. The summed E-state index contributed by atoms with van der Waals surface area (Å²) in [5.41, 5.74) is -0.292. The van der Waals surface area contributed by atoms with E-state index in [1.165, 1.54) is 12.1 Å². The van der Waals surface area contributed by atoms with E-state index in [0.717, 1.165) is 25.0 Å². The average Bonchev–Trinajstić information content (AvgIpc) is 2.99. The van der Waals surface area contributed by atoms with Crippen LogP contribution in [0.25, 0.3) is 0 Å². The Kier molecular flexibility index (Phi) is 4.30. The summed E-state index contributed by atoms with van der Waals surface area (Å²) in [6, 6.07) is 7.26. The molecule has 1 aromatic carbocycles. The SMILES string of the molecule is C[C@H](NC[C@@H]1CNc2ccnn2C1)c1ccccc1C(F)(F)F. The van der Waals surface area contributed by atoms with Crippen LogP contribution in [0.1, 0.15) is 24.1 Å². The predicted molar refractivity (Wildman–Crippen MR) is 82.1 cm³/mol. The number of rotatable bonds is 4. The molecule has 1 aliphatic rings. The van der Waals surface area contributed by atoms with Crippen LogP contribution in [0.15, 0.2) is 36.5 Å². The van der Waals surface area contributed by atoms with Crippen LogP contribution in [0.2, 0.25) is 0 Å². The minimum Gasteiger partial charge on any atom is -0.370 e. The minimum absolute atomic E-state index is 0.280. The first kappa shape index (κ1) is 15.9. The van der Waals surface area contributed by atoms with Crippen molar-refractivity contribution in [2.75, 3.05) is 18.4 Å². The molecular weight excluding hydrogens is 305 g/mol. The van der Waals surface area contributed by atoms with Gasteiger partial charge >= 0.3 is 6.18 Å². The van der Waals surface area contributed by atoms with Crippen molar-refractivity contribution in [3.8, 4) is 0 Å². The molecule has 0 saturated carbocycles. The van der Waals surface area contributed by atoms with Crippen LogP contribution >= 0.6 is 0 Å². The van der Waals surface area contributed by atoms with Crippen LogP contribution in [0.3, 0.4) is 0 Å². The lowest BCUT2D eigenvalue weighted by atomic mass is 10.00. The molecular formula is C16H19F3N4. The topological polar surface area (TPSA) is 41.9 Å². The van der Waals surface area contributed by atoms with E-state index in [9.17, 15) is 13.2 Å². The third-order valence-corrected chi connectivity index (χ3v) is 4.16. The first-order chi connectivity index (χ1) is 10.9. The zero-order chi connectivity index (χ0) is 16.4. The Hall–Kier alpha value is -2.02. The summed E-state index contributed by atoms with van der Waals surface area (Å²) in [6.07, 6.45) is -2.59. The number of nitrogens with zero attached hydrogens (tertiary/aromatic N) is 2. The van der Waals surface area contributed by atoms with Gasteiger partial charge in [-0.2, -0.15) is 18.3 Å². The Bertz CT molecular complexity index is 665. The van der Waals surface area contributed by atoms with Gasteiger partial charge in [0.05, 0.1) is 11.8 Å². The zero-order valence-corrected chi connectivity index (χ0v) is 12.8. The number of fused-ring (bicyclic) bond motifs is 1. The standard InChI is InChI=1S/C16H19F3N4/c1-11(13-4-2-3-5-14(13)16(17,18)19)20-8-12-9-21-15-6-7-22-23(15)10-12/h2-7,11-12,20-21H,8-10H2,1H3/t11-,12+/m0/s1. The smallest absolute Gasteiger partial charge is 0.370 e. The highest BCUT2D eigenvalue weighted by Gasteiger charge is 2.34. The molecule has 4 nitrogen and oxygen atoms in total. The largest absolute Gasteiger partial charge is 0.416 e. The Morgan fingerprint density at radius 3 is 2.91 bits per heavy atom. The molecule has 0 fully saturated rings. The summed E-state index contributed by atoms with van der Waals surface area (Å²) >= 11 is 0. The molecule has 0 radical (unpaired) electrons. The van der Waals surface area contributed by atoms with Crippen LogP contribution in [-0.2, 0) is 12.7 Å². The van der Waals surface area contributed by atoms with Crippen LogP contribution in [0.4, 0.5) is 19.0 Å². The van der Waals surface area contributed by atoms with E-state index in [1.54, 1.807) is 19.2 Å². The van der Waals surface area contributed by atoms with E-state index < -0.39 is 11.7 Å². The van der Waals surface area contributed by atoms with Crippen LogP contribution in [-0.4, -0.2) is 22.9 Å². The van der Waals surface area contributed by atoms with E-state index in [0.29, 0.717) is 6.54 Å². The van der Waals surface area contributed by atoms with E-state index in [2.05, 4.69) is 15.7 Å². The molecule has 1 aliphatic heterocycles. The van der Waals surface area contributed by atoms with Crippen LogP contribution in [0, 0.1) is 5.92 Å². The Balaban J connectivity index is 1.64. The van der Waals surface area contributed by atoms with Crippen LogP contribution in [0.5, 0.6) is 0 Å². The van der Waals surface area contributed by atoms with E-state index >= 15 is 0 Å². The summed E-state index contributed by atoms with van der Waals surface area (Å²) in [5, 5.41) is 10.7. The average molecular weight is 324 g/mol. The maximum atomic E-state index is 13.1. The second-order valence-corrected chi connectivity index (χ2v) is 5.86. The molecule has 2 atom stereocenters. The van der Waals surface area contributed by atoms with Gasteiger partial charge in [0.2, 0.25) is 0 Å². The summed E-state index contributed by atoms with van der Waals surface area (Å²) in [6.45, 7) is 3.93. The van der Waals surface area contributed by atoms with Gasteiger partial charge in [-0.1, -0.05) is 18.2 Å². The number of halogens is 3. The van der Waals surface area contributed by atoms with E-state index in [4.69, 9.17) is 0 Å². The Morgan fingerprint density at radius 1 is 1.35 bits per heavy atom. The molecule has 2 aromatic rings. The summed E-state index contributed by atoms with van der Waals surface area (Å²) in [7, 11) is 0. The molecule has 0 amide bonds. The lowest BCUT2D eigenvalue weighted by Crippen LogP contribution is -2.36. The monoisotopic (exact) mass is 324 g/mol. The molecule has 0 bridgehead atoms. The second kappa shape index (κ2) is 6.23. The molecule has 23 heavy (non-hydrogen) atoms. The number of anilines is 1. The van der Waals surface area contributed by atoms with E-state index in [1.807, 2.05) is 10.7 Å². The third-order valence-electron chi connectivity index (χ3n) is 4.16. The maximum absolute atomic E-state index is 13.1. The molecule has 0 spiro atoms. The molecule has 0 aliphatic carbocycles. The fraction of sp³-hybridized carbons (Fsp3) is 0.438. The molecule has 1 aromatic heterocycles. The molecule has 2 N–H and O–H groups in total. The van der Waals surface area contributed by atoms with Crippen molar-refractivity contribution in [3.63, 3.8) is 0 Å². The normalized spacial score (nSPS) is 19.0. The van der Waals surface area contributed by atoms with Gasteiger partial charge in [0.15, 0.2) is 0 Å². The van der Waals surface area contributed by atoms with Crippen molar-refractivity contribution in [1.82, 2.24) is 15.1 Å². The fourth-order valence-corrected chi connectivity index (χ4v) is 2.91. The summed E-state index contributed by atoms with van der Waals surface area (Å²) in [5.74, 6) is 1.26. The maximum Gasteiger partial charge on any atom is 0.416 e. The summed E-state index contributed by atoms with van der Waals surface area (Å²) < 4.78 is 41.1. The van der Waals surface area contributed by atoms with Crippen molar-refractivity contribution in [2.24, 2.45) is 5.92 Å². The zero-order valence-electron chi connectivity index (χ0n) is 12.8. The summed E-state index contributed by atoms with van der Waals surface area (Å²) in [4.78, 5) is 0. The highest BCUT2D eigenvalue weighted by molar-refractivity contribution is 5.35. The van der Waals surface area contributed by atoms with Gasteiger partial charge in [0, 0.05) is 37.7 Å². The Labute approximate surface area is 132 Å². The number of hydrogen-bond donors (Lipinski definition) is 2. The number of aromatic nitrogens is 2. The molecule has 0 unspecified atom stereocenters. The van der Waals surface area contributed by atoms with Crippen LogP contribution < -0.4 is 10.6 Å². The van der Waals surface area contributed by atoms with Gasteiger partial charge in [0.25, 0.3) is 0 Å².